The van der Waals surface area contributed by atoms with E-state index in [1.807, 2.05) is 6.26 Å². The summed E-state index contributed by atoms with van der Waals surface area (Å²) in [4.78, 5) is 11.8. The summed E-state index contributed by atoms with van der Waals surface area (Å²) in [7, 11) is 0. The molecule has 0 saturated carbocycles. The fraction of sp³-hybridized carbons (Fsp3) is 0.417. The number of carbonyl (C=O) groups is 1. The van der Waals surface area contributed by atoms with Crippen LogP contribution in [-0.2, 0) is 0 Å². The maximum atomic E-state index is 11.8. The first-order valence-electron chi connectivity index (χ1n) is 5.30. The highest BCUT2D eigenvalue weighted by Crippen LogP contribution is 2.10. The van der Waals surface area contributed by atoms with Crippen molar-refractivity contribution in [3.05, 3.63) is 29.8 Å². The van der Waals surface area contributed by atoms with E-state index < -0.39 is 5.60 Å². The molecule has 1 rings (SSSR count). The Hall–Kier alpha value is -1.20. The van der Waals surface area contributed by atoms with Crippen molar-refractivity contribution in [2.24, 2.45) is 0 Å². The number of amides is 1. The van der Waals surface area contributed by atoms with Gasteiger partial charge in [0.2, 0.25) is 0 Å². The molecule has 1 atom stereocenters. The lowest BCUT2D eigenvalue weighted by molar-refractivity contribution is 0.0725. The number of nitrogens with two attached hydrogens (primary N) is 1. The molecule has 5 heteroatoms. The standard InChI is InChI=1S/C12H18N2O2S/c1-12(16,8-17-2)7-14-11(15)9-4-3-5-10(13)6-9/h3-6,16H,7-8,13H2,1-2H3,(H,14,15). The van der Waals surface area contributed by atoms with E-state index in [2.05, 4.69) is 5.32 Å². The van der Waals surface area contributed by atoms with Gasteiger partial charge < -0.3 is 16.2 Å². The molecule has 0 saturated heterocycles. The first kappa shape index (κ1) is 13.9. The molecule has 0 bridgehead atoms. The average Bonchev–Trinajstić information content (AvgIpc) is 2.26. The largest absolute Gasteiger partial charge is 0.399 e. The second-order valence-corrected chi connectivity index (χ2v) is 5.10. The normalized spacial score (nSPS) is 14.1. The van der Waals surface area contributed by atoms with Gasteiger partial charge in [0.25, 0.3) is 5.91 Å². The summed E-state index contributed by atoms with van der Waals surface area (Å²) in [6, 6.07) is 6.75. The molecule has 4 N–H and O–H groups in total. The lowest BCUT2D eigenvalue weighted by Crippen LogP contribution is -2.42. The van der Waals surface area contributed by atoms with Gasteiger partial charge in [0.05, 0.1) is 5.60 Å². The molecular formula is C12H18N2O2S. The van der Waals surface area contributed by atoms with Gasteiger partial charge in [0.15, 0.2) is 0 Å². The van der Waals surface area contributed by atoms with Crippen molar-refractivity contribution in [2.45, 2.75) is 12.5 Å². The smallest absolute Gasteiger partial charge is 0.251 e. The molecule has 17 heavy (non-hydrogen) atoms. The van der Waals surface area contributed by atoms with Gasteiger partial charge in [0, 0.05) is 23.5 Å². The maximum absolute atomic E-state index is 11.8. The van der Waals surface area contributed by atoms with Crippen LogP contribution in [0.4, 0.5) is 5.69 Å². The molecule has 1 amide bonds. The molecule has 1 aromatic carbocycles. The Bertz CT molecular complexity index is 394. The van der Waals surface area contributed by atoms with Gasteiger partial charge in [0.1, 0.15) is 0 Å². The monoisotopic (exact) mass is 254 g/mol. The third-order valence-corrected chi connectivity index (χ3v) is 3.14. The zero-order chi connectivity index (χ0) is 12.9. The lowest BCUT2D eigenvalue weighted by atomic mass is 10.1. The topological polar surface area (TPSA) is 75.3 Å². The van der Waals surface area contributed by atoms with Crippen LogP contribution >= 0.6 is 11.8 Å². The number of rotatable bonds is 5. The van der Waals surface area contributed by atoms with E-state index in [9.17, 15) is 9.90 Å². The third kappa shape index (κ3) is 4.66. The van der Waals surface area contributed by atoms with Crippen LogP contribution in [0.5, 0.6) is 0 Å². The van der Waals surface area contributed by atoms with Gasteiger partial charge in [-0.3, -0.25) is 4.79 Å². The number of carbonyl (C=O) groups excluding carboxylic acids is 1. The Balaban J connectivity index is 2.56. The lowest BCUT2D eigenvalue weighted by Gasteiger charge is -2.22. The van der Waals surface area contributed by atoms with E-state index >= 15 is 0 Å². The Labute approximate surface area is 106 Å². The minimum atomic E-state index is -0.893. The summed E-state index contributed by atoms with van der Waals surface area (Å²) in [6.07, 6.45) is 1.91. The second kappa shape index (κ2) is 5.93. The fourth-order valence-electron chi connectivity index (χ4n) is 1.41. The molecule has 0 fully saturated rings. The van der Waals surface area contributed by atoms with Crippen molar-refractivity contribution in [3.63, 3.8) is 0 Å². The van der Waals surface area contributed by atoms with E-state index in [4.69, 9.17) is 5.73 Å². The van der Waals surface area contributed by atoms with Crippen LogP contribution in [0.2, 0.25) is 0 Å². The van der Waals surface area contributed by atoms with E-state index in [1.165, 1.54) is 11.8 Å². The van der Waals surface area contributed by atoms with Crippen molar-refractivity contribution in [2.75, 3.05) is 24.3 Å². The number of benzene rings is 1. The second-order valence-electron chi connectivity index (χ2n) is 4.24. The molecule has 1 unspecified atom stereocenters. The maximum Gasteiger partial charge on any atom is 0.251 e. The van der Waals surface area contributed by atoms with Crippen molar-refractivity contribution in [1.82, 2.24) is 5.32 Å². The van der Waals surface area contributed by atoms with Crippen LogP contribution in [0.1, 0.15) is 17.3 Å². The molecule has 0 aromatic heterocycles. The van der Waals surface area contributed by atoms with Crippen LogP contribution in [0.3, 0.4) is 0 Å². The molecule has 0 aliphatic heterocycles. The van der Waals surface area contributed by atoms with Crippen molar-refractivity contribution >= 4 is 23.4 Å². The number of nitrogen functional groups attached to an aromatic ring is 1. The van der Waals surface area contributed by atoms with Crippen LogP contribution < -0.4 is 11.1 Å². The molecule has 0 radical (unpaired) electrons. The summed E-state index contributed by atoms with van der Waals surface area (Å²) in [5.41, 5.74) is 5.75. The first-order valence-corrected chi connectivity index (χ1v) is 6.69. The number of hydrogen-bond donors (Lipinski definition) is 3. The highest BCUT2D eigenvalue weighted by molar-refractivity contribution is 7.98. The van der Waals surface area contributed by atoms with Gasteiger partial charge in [-0.1, -0.05) is 6.07 Å². The zero-order valence-corrected chi connectivity index (χ0v) is 10.9. The van der Waals surface area contributed by atoms with Crippen LogP contribution in [0.15, 0.2) is 24.3 Å². The third-order valence-electron chi connectivity index (χ3n) is 2.23. The number of thioether (sulfide) groups is 1. The SMILES string of the molecule is CSCC(C)(O)CNC(=O)c1cccc(N)c1. The van der Waals surface area contributed by atoms with Gasteiger partial charge in [-0.05, 0) is 31.4 Å². The van der Waals surface area contributed by atoms with Crippen molar-refractivity contribution in [3.8, 4) is 0 Å². The summed E-state index contributed by atoms with van der Waals surface area (Å²) >= 11 is 1.54. The van der Waals surface area contributed by atoms with Gasteiger partial charge in [-0.2, -0.15) is 11.8 Å². The van der Waals surface area contributed by atoms with E-state index in [0.29, 0.717) is 17.0 Å². The highest BCUT2D eigenvalue weighted by atomic mass is 32.2. The van der Waals surface area contributed by atoms with E-state index in [0.717, 1.165) is 0 Å². The fourth-order valence-corrected chi connectivity index (χ4v) is 2.14. The molecule has 0 spiro atoms. The number of nitrogens with one attached hydrogen (secondary N) is 1. The highest BCUT2D eigenvalue weighted by Gasteiger charge is 2.20. The van der Waals surface area contributed by atoms with Gasteiger partial charge in [-0.25, -0.2) is 0 Å². The Morgan fingerprint density at radius 1 is 1.59 bits per heavy atom. The summed E-state index contributed by atoms with van der Waals surface area (Å²) in [6.45, 7) is 1.92. The Morgan fingerprint density at radius 3 is 2.88 bits per heavy atom. The predicted octanol–water partition coefficient (Wildman–Crippen LogP) is 1.11. The van der Waals surface area contributed by atoms with Crippen molar-refractivity contribution in [1.29, 1.82) is 0 Å². The average molecular weight is 254 g/mol. The van der Waals surface area contributed by atoms with E-state index in [1.54, 1.807) is 31.2 Å². The number of aliphatic hydroxyl groups is 1. The number of hydrogen-bond acceptors (Lipinski definition) is 4. The molecule has 1 aromatic rings. The molecular weight excluding hydrogens is 236 g/mol. The molecule has 4 nitrogen and oxygen atoms in total. The Morgan fingerprint density at radius 2 is 2.29 bits per heavy atom. The van der Waals surface area contributed by atoms with E-state index in [-0.39, 0.29) is 12.5 Å². The quantitative estimate of drug-likeness (QED) is 0.688. The molecule has 0 aliphatic carbocycles. The van der Waals surface area contributed by atoms with Crippen LogP contribution in [0, 0.1) is 0 Å². The number of anilines is 1. The molecule has 0 aliphatic rings. The minimum absolute atomic E-state index is 0.223. The van der Waals surface area contributed by atoms with Crippen LogP contribution in [0.25, 0.3) is 0 Å². The molecule has 0 heterocycles. The van der Waals surface area contributed by atoms with Gasteiger partial charge >= 0.3 is 0 Å². The zero-order valence-electron chi connectivity index (χ0n) is 10.1. The summed E-state index contributed by atoms with van der Waals surface area (Å²) < 4.78 is 0. The molecule has 94 valence electrons. The minimum Gasteiger partial charge on any atom is -0.399 e. The summed E-state index contributed by atoms with van der Waals surface area (Å²) in [5.74, 6) is 0.350. The first-order chi connectivity index (χ1) is 7.94. The predicted molar refractivity (Wildman–Crippen MR) is 72.2 cm³/mol. The van der Waals surface area contributed by atoms with Crippen LogP contribution in [-0.4, -0.2) is 35.2 Å². The Kier molecular flexibility index (Phi) is 4.84. The van der Waals surface area contributed by atoms with Crippen molar-refractivity contribution < 1.29 is 9.90 Å². The summed E-state index contributed by atoms with van der Waals surface area (Å²) in [5, 5.41) is 12.6. The van der Waals surface area contributed by atoms with Gasteiger partial charge in [-0.15, -0.1) is 0 Å².